The minimum Gasteiger partial charge on any atom is -0.346 e. The number of nitrogens with zero attached hydrogens (tertiary/aromatic N) is 2. The molecule has 0 fully saturated rings. The Morgan fingerprint density at radius 3 is 2.54 bits per heavy atom. The summed E-state index contributed by atoms with van der Waals surface area (Å²) in [5.74, 6) is -0.472. The molecule has 1 N–H and O–H groups in total. The molecule has 0 saturated carbocycles. The van der Waals surface area contributed by atoms with Gasteiger partial charge >= 0.3 is 0 Å². The van der Waals surface area contributed by atoms with E-state index in [0.717, 1.165) is 17.0 Å². The number of carbonyl (C=O) groups excluding carboxylic acids is 1. The second-order valence-corrected chi connectivity index (χ2v) is 6.30. The van der Waals surface area contributed by atoms with Gasteiger partial charge in [0.1, 0.15) is 11.6 Å². The van der Waals surface area contributed by atoms with Gasteiger partial charge in [-0.25, -0.2) is 0 Å². The molecule has 0 aliphatic heterocycles. The number of amides is 1. The summed E-state index contributed by atoms with van der Waals surface area (Å²) in [5.41, 5.74) is 3.52. The Labute approximate surface area is 147 Å². The highest BCUT2D eigenvalue weighted by Gasteiger charge is 2.15. The Bertz CT molecular complexity index is 841. The number of hydrogen-bond donors (Lipinski definition) is 1. The largest absolute Gasteiger partial charge is 0.346 e. The quantitative estimate of drug-likeness (QED) is 0.636. The lowest BCUT2D eigenvalue weighted by molar-refractivity contribution is -0.112. The molecule has 0 atom stereocenters. The highest BCUT2D eigenvalue weighted by Crippen LogP contribution is 2.24. The van der Waals surface area contributed by atoms with Crippen molar-refractivity contribution < 1.29 is 4.79 Å². The van der Waals surface area contributed by atoms with Crippen LogP contribution in [0.15, 0.2) is 35.9 Å². The van der Waals surface area contributed by atoms with Gasteiger partial charge in [-0.05, 0) is 57.5 Å². The molecule has 2 aromatic rings. The number of aromatic nitrogens is 1. The molecule has 1 heterocycles. The molecule has 1 amide bonds. The molecular formula is C19H20ClN3O. The minimum atomic E-state index is -0.472. The maximum Gasteiger partial charge on any atom is 0.266 e. The van der Waals surface area contributed by atoms with Crippen LogP contribution in [0.4, 0.5) is 5.69 Å². The Morgan fingerprint density at radius 1 is 1.33 bits per heavy atom. The van der Waals surface area contributed by atoms with E-state index in [0.29, 0.717) is 16.8 Å². The van der Waals surface area contributed by atoms with Gasteiger partial charge in [0.2, 0.25) is 0 Å². The number of benzene rings is 1. The summed E-state index contributed by atoms with van der Waals surface area (Å²) in [6, 6.07) is 11.2. The van der Waals surface area contributed by atoms with Crippen molar-refractivity contribution in [3.63, 3.8) is 0 Å². The van der Waals surface area contributed by atoms with E-state index in [1.54, 1.807) is 30.3 Å². The number of nitrogens with one attached hydrogen (secondary N) is 1. The van der Waals surface area contributed by atoms with E-state index >= 15 is 0 Å². The number of hydrogen-bond acceptors (Lipinski definition) is 2. The van der Waals surface area contributed by atoms with Gasteiger partial charge in [-0.15, -0.1) is 0 Å². The molecule has 0 bridgehead atoms. The predicted octanol–water partition coefficient (Wildman–Crippen LogP) is 4.88. The fraction of sp³-hybridized carbons (Fsp3) is 0.263. The summed E-state index contributed by atoms with van der Waals surface area (Å²) in [5, 5.41) is 12.5. The third kappa shape index (κ3) is 3.69. The van der Waals surface area contributed by atoms with Crippen LogP contribution in [0, 0.1) is 25.2 Å². The third-order valence-corrected chi connectivity index (χ3v) is 4.16. The van der Waals surface area contributed by atoms with Crippen LogP contribution in [0.3, 0.4) is 0 Å². The van der Waals surface area contributed by atoms with Crippen LogP contribution in [0.2, 0.25) is 5.02 Å². The van der Waals surface area contributed by atoms with E-state index in [1.165, 1.54) is 0 Å². The molecule has 24 heavy (non-hydrogen) atoms. The lowest BCUT2D eigenvalue weighted by Crippen LogP contribution is -2.13. The first kappa shape index (κ1) is 17.8. The van der Waals surface area contributed by atoms with E-state index in [4.69, 9.17) is 11.6 Å². The molecular weight excluding hydrogens is 322 g/mol. The number of anilines is 1. The summed E-state index contributed by atoms with van der Waals surface area (Å²) >= 11 is 6.04. The summed E-state index contributed by atoms with van der Waals surface area (Å²) in [6.07, 6.45) is 1.62. The van der Waals surface area contributed by atoms with E-state index in [2.05, 4.69) is 23.7 Å². The maximum absolute atomic E-state index is 12.4. The van der Waals surface area contributed by atoms with Crippen LogP contribution >= 0.6 is 11.6 Å². The van der Waals surface area contributed by atoms with Crippen molar-refractivity contribution in [3.05, 3.63) is 57.9 Å². The average molecular weight is 342 g/mol. The van der Waals surface area contributed by atoms with Crippen molar-refractivity contribution >= 4 is 29.3 Å². The van der Waals surface area contributed by atoms with Crippen molar-refractivity contribution in [1.29, 1.82) is 5.26 Å². The molecule has 0 saturated heterocycles. The molecule has 5 heteroatoms. The summed E-state index contributed by atoms with van der Waals surface area (Å²) in [6.45, 7) is 8.20. The van der Waals surface area contributed by atoms with Crippen LogP contribution in [-0.2, 0) is 4.79 Å². The average Bonchev–Trinajstić information content (AvgIpc) is 2.81. The van der Waals surface area contributed by atoms with Gasteiger partial charge in [-0.3, -0.25) is 4.79 Å². The van der Waals surface area contributed by atoms with Crippen LogP contribution in [0.5, 0.6) is 0 Å². The number of halogens is 1. The van der Waals surface area contributed by atoms with E-state index in [-0.39, 0.29) is 5.57 Å². The Balaban J connectivity index is 2.33. The molecule has 0 radical (unpaired) electrons. The molecule has 0 spiro atoms. The molecule has 4 nitrogen and oxygen atoms in total. The number of nitriles is 1. The van der Waals surface area contributed by atoms with Crippen molar-refractivity contribution in [2.45, 2.75) is 33.7 Å². The number of carbonyl (C=O) groups is 1. The van der Waals surface area contributed by atoms with Gasteiger partial charge in [0, 0.05) is 17.4 Å². The number of para-hydroxylation sites is 1. The second-order valence-electron chi connectivity index (χ2n) is 5.89. The molecule has 0 aliphatic rings. The summed E-state index contributed by atoms with van der Waals surface area (Å²) in [7, 11) is 0. The smallest absolute Gasteiger partial charge is 0.266 e. The zero-order chi connectivity index (χ0) is 17.9. The van der Waals surface area contributed by atoms with Gasteiger partial charge in [-0.2, -0.15) is 5.26 Å². The van der Waals surface area contributed by atoms with Gasteiger partial charge in [0.25, 0.3) is 5.91 Å². The van der Waals surface area contributed by atoms with Crippen molar-refractivity contribution in [3.8, 4) is 6.07 Å². The lowest BCUT2D eigenvalue weighted by atomic mass is 10.1. The van der Waals surface area contributed by atoms with Crippen LogP contribution in [0.25, 0.3) is 6.08 Å². The Kier molecular flexibility index (Phi) is 5.48. The van der Waals surface area contributed by atoms with E-state index in [9.17, 15) is 10.1 Å². The maximum atomic E-state index is 12.4. The fourth-order valence-corrected chi connectivity index (χ4v) is 2.98. The first-order chi connectivity index (χ1) is 11.3. The normalized spacial score (nSPS) is 11.5. The summed E-state index contributed by atoms with van der Waals surface area (Å²) < 4.78 is 2.17. The highest BCUT2D eigenvalue weighted by molar-refractivity contribution is 6.34. The fourth-order valence-electron chi connectivity index (χ4n) is 2.80. The molecule has 1 aromatic heterocycles. The van der Waals surface area contributed by atoms with E-state index < -0.39 is 5.91 Å². The summed E-state index contributed by atoms with van der Waals surface area (Å²) in [4.78, 5) is 12.4. The zero-order valence-electron chi connectivity index (χ0n) is 14.2. The van der Waals surface area contributed by atoms with Gasteiger partial charge < -0.3 is 9.88 Å². The Morgan fingerprint density at radius 2 is 2.00 bits per heavy atom. The molecule has 0 unspecified atom stereocenters. The van der Waals surface area contributed by atoms with Gasteiger partial charge in [0.15, 0.2) is 0 Å². The number of rotatable bonds is 4. The minimum absolute atomic E-state index is 0.0407. The second kappa shape index (κ2) is 7.37. The van der Waals surface area contributed by atoms with Gasteiger partial charge in [0.05, 0.1) is 10.7 Å². The standard InChI is InChI=1S/C19H20ClN3O/c1-12(2)23-13(3)9-15(14(23)4)10-16(11-21)19(24)22-18-8-6-5-7-17(18)20/h5-10,12H,1-4H3,(H,22,24)/b16-10+. The predicted molar refractivity (Wildman–Crippen MR) is 98.0 cm³/mol. The topological polar surface area (TPSA) is 57.8 Å². The van der Waals surface area contributed by atoms with Crippen molar-refractivity contribution in [2.75, 3.05) is 5.32 Å². The van der Waals surface area contributed by atoms with Crippen molar-refractivity contribution in [2.24, 2.45) is 0 Å². The van der Waals surface area contributed by atoms with Crippen LogP contribution in [-0.4, -0.2) is 10.5 Å². The molecule has 0 aliphatic carbocycles. The van der Waals surface area contributed by atoms with E-state index in [1.807, 2.05) is 26.0 Å². The zero-order valence-corrected chi connectivity index (χ0v) is 15.0. The third-order valence-electron chi connectivity index (χ3n) is 3.83. The van der Waals surface area contributed by atoms with Crippen LogP contribution in [0.1, 0.15) is 36.8 Å². The lowest BCUT2D eigenvalue weighted by Gasteiger charge is -2.13. The molecule has 1 aromatic carbocycles. The molecule has 124 valence electrons. The Hall–Kier alpha value is -2.51. The SMILES string of the molecule is Cc1cc(/C=C(\C#N)C(=O)Nc2ccccc2Cl)c(C)n1C(C)C. The van der Waals surface area contributed by atoms with Crippen LogP contribution < -0.4 is 5.32 Å². The monoisotopic (exact) mass is 341 g/mol. The first-order valence-electron chi connectivity index (χ1n) is 7.71. The van der Waals surface area contributed by atoms with Gasteiger partial charge in [-0.1, -0.05) is 23.7 Å². The highest BCUT2D eigenvalue weighted by atomic mass is 35.5. The number of aryl methyl sites for hydroxylation is 1. The first-order valence-corrected chi connectivity index (χ1v) is 8.09. The van der Waals surface area contributed by atoms with Crippen molar-refractivity contribution in [1.82, 2.24) is 4.57 Å². The molecule has 2 rings (SSSR count).